The maximum atomic E-state index is 4.93. The van der Waals surface area contributed by atoms with Crippen LogP contribution in [0.2, 0.25) is 0 Å². The molecule has 1 saturated carbocycles. The van der Waals surface area contributed by atoms with Crippen LogP contribution in [0.25, 0.3) is 0 Å². The van der Waals surface area contributed by atoms with Gasteiger partial charge in [0.15, 0.2) is 5.96 Å². The number of piperazine rings is 1. The summed E-state index contributed by atoms with van der Waals surface area (Å²) in [5.41, 5.74) is 3.85. The summed E-state index contributed by atoms with van der Waals surface area (Å²) in [5, 5.41) is 7.70. The molecule has 1 aliphatic heterocycles. The smallest absolute Gasteiger partial charge is 0.193 e. The number of rotatable bonds is 5. The van der Waals surface area contributed by atoms with E-state index in [2.05, 4.69) is 63.4 Å². The largest absolute Gasteiger partial charge is 0.364 e. The molecule has 1 aromatic carbocycles. The quantitative estimate of drug-likeness (QED) is 0.379. The highest BCUT2D eigenvalue weighted by molar-refractivity contribution is 14.0. The van der Waals surface area contributed by atoms with Gasteiger partial charge in [0.1, 0.15) is 6.26 Å². The number of guanidine groups is 1. The standard InChI is InChI=1S/C22H31N5O.HI/c1-16(2)17-4-6-18(7-5-17)20-14-21(20)24-22(23-3)27-11-9-26(10-12-27)15-19-8-13-28-25-19;/h4-8,13,16,20-21H,9-12,14-15H2,1-3H3,(H,23,24);1H. The Kier molecular flexibility index (Phi) is 7.56. The van der Waals surface area contributed by atoms with Gasteiger partial charge in [0.05, 0.1) is 5.69 Å². The topological polar surface area (TPSA) is 56.9 Å². The zero-order chi connectivity index (χ0) is 19.5. The van der Waals surface area contributed by atoms with Crippen LogP contribution >= 0.6 is 24.0 Å². The minimum atomic E-state index is 0. The fraction of sp³-hybridized carbons (Fsp3) is 0.545. The van der Waals surface area contributed by atoms with Crippen LogP contribution in [0.1, 0.15) is 48.9 Å². The minimum absolute atomic E-state index is 0. The molecule has 0 amide bonds. The number of hydrogen-bond acceptors (Lipinski definition) is 4. The molecule has 1 aromatic heterocycles. The van der Waals surface area contributed by atoms with Crippen LogP contribution in [0.4, 0.5) is 0 Å². The lowest BCUT2D eigenvalue weighted by molar-refractivity contribution is 0.169. The first-order chi connectivity index (χ1) is 13.6. The van der Waals surface area contributed by atoms with E-state index in [9.17, 15) is 0 Å². The lowest BCUT2D eigenvalue weighted by atomic mass is 10.0. The molecule has 158 valence electrons. The van der Waals surface area contributed by atoms with Gasteiger partial charge in [-0.3, -0.25) is 9.89 Å². The Morgan fingerprint density at radius 3 is 2.48 bits per heavy atom. The third-order valence-corrected chi connectivity index (χ3v) is 5.90. The van der Waals surface area contributed by atoms with Crippen LogP contribution in [-0.2, 0) is 6.54 Å². The summed E-state index contributed by atoms with van der Waals surface area (Å²) in [6.07, 6.45) is 2.83. The third-order valence-electron chi connectivity index (χ3n) is 5.90. The highest BCUT2D eigenvalue weighted by Crippen LogP contribution is 2.41. The Hall–Kier alpha value is -1.61. The molecule has 29 heavy (non-hydrogen) atoms. The van der Waals surface area contributed by atoms with Crippen molar-refractivity contribution in [1.29, 1.82) is 0 Å². The van der Waals surface area contributed by atoms with Crippen LogP contribution in [0.15, 0.2) is 46.1 Å². The van der Waals surface area contributed by atoms with Crippen LogP contribution in [0.5, 0.6) is 0 Å². The maximum absolute atomic E-state index is 4.93. The molecular formula is C22H32IN5O. The first-order valence-corrected chi connectivity index (χ1v) is 10.3. The highest BCUT2D eigenvalue weighted by Gasteiger charge is 2.39. The summed E-state index contributed by atoms with van der Waals surface area (Å²) in [6, 6.07) is 11.6. The van der Waals surface area contributed by atoms with Gasteiger partial charge in [0.25, 0.3) is 0 Å². The second kappa shape index (κ2) is 9.93. The van der Waals surface area contributed by atoms with E-state index in [1.807, 2.05) is 13.1 Å². The molecule has 2 fully saturated rings. The first-order valence-electron chi connectivity index (χ1n) is 10.3. The van der Waals surface area contributed by atoms with E-state index in [1.54, 1.807) is 6.26 Å². The molecule has 2 aromatic rings. The first kappa shape index (κ1) is 22.1. The number of aromatic nitrogens is 1. The van der Waals surface area contributed by atoms with Crippen molar-refractivity contribution in [1.82, 2.24) is 20.3 Å². The van der Waals surface area contributed by atoms with Crippen molar-refractivity contribution in [3.63, 3.8) is 0 Å². The van der Waals surface area contributed by atoms with Crippen molar-refractivity contribution in [2.45, 2.75) is 44.7 Å². The van der Waals surface area contributed by atoms with Gasteiger partial charge in [-0.25, -0.2) is 0 Å². The van der Waals surface area contributed by atoms with E-state index < -0.39 is 0 Å². The minimum Gasteiger partial charge on any atom is -0.364 e. The highest BCUT2D eigenvalue weighted by atomic mass is 127. The summed E-state index contributed by atoms with van der Waals surface area (Å²) in [7, 11) is 1.89. The molecule has 6 nitrogen and oxygen atoms in total. The van der Waals surface area contributed by atoms with Crippen molar-refractivity contribution < 1.29 is 4.52 Å². The van der Waals surface area contributed by atoms with Crippen LogP contribution in [0, 0.1) is 0 Å². The number of nitrogens with one attached hydrogen (secondary N) is 1. The van der Waals surface area contributed by atoms with Gasteiger partial charge in [-0.15, -0.1) is 24.0 Å². The van der Waals surface area contributed by atoms with Crippen molar-refractivity contribution in [3.8, 4) is 0 Å². The summed E-state index contributed by atoms with van der Waals surface area (Å²) >= 11 is 0. The number of hydrogen-bond donors (Lipinski definition) is 1. The van der Waals surface area contributed by atoms with Crippen LogP contribution < -0.4 is 5.32 Å². The molecule has 0 spiro atoms. The summed E-state index contributed by atoms with van der Waals surface area (Å²) in [5.74, 6) is 2.22. The Morgan fingerprint density at radius 2 is 1.90 bits per heavy atom. The molecule has 2 heterocycles. The second-order valence-electron chi connectivity index (χ2n) is 8.22. The number of halogens is 1. The monoisotopic (exact) mass is 509 g/mol. The Balaban J connectivity index is 0.00000240. The molecule has 1 aliphatic carbocycles. The van der Waals surface area contributed by atoms with Gasteiger partial charge in [0.2, 0.25) is 0 Å². The normalized spacial score (nSPS) is 22.5. The molecule has 2 aliphatic rings. The second-order valence-corrected chi connectivity index (χ2v) is 8.22. The molecule has 0 radical (unpaired) electrons. The third kappa shape index (κ3) is 5.51. The van der Waals surface area contributed by atoms with Crippen molar-refractivity contribution in [2.24, 2.45) is 4.99 Å². The number of aliphatic imine (C=N–C) groups is 1. The molecule has 0 bridgehead atoms. The van der Waals surface area contributed by atoms with Gasteiger partial charge in [-0.1, -0.05) is 43.3 Å². The molecular weight excluding hydrogens is 477 g/mol. The fourth-order valence-electron chi connectivity index (χ4n) is 3.98. The van der Waals surface area contributed by atoms with Gasteiger partial charge in [0, 0.05) is 57.8 Å². The summed E-state index contributed by atoms with van der Waals surface area (Å²) < 4.78 is 4.93. The van der Waals surface area contributed by atoms with E-state index >= 15 is 0 Å². The predicted molar refractivity (Wildman–Crippen MR) is 127 cm³/mol. The number of nitrogens with zero attached hydrogens (tertiary/aromatic N) is 4. The average Bonchev–Trinajstić information content (AvgIpc) is 3.30. The Morgan fingerprint density at radius 1 is 1.17 bits per heavy atom. The van der Waals surface area contributed by atoms with Crippen LogP contribution in [-0.4, -0.2) is 60.2 Å². The lowest BCUT2D eigenvalue weighted by Gasteiger charge is -2.36. The molecule has 7 heteroatoms. The molecule has 1 N–H and O–H groups in total. The SMILES string of the molecule is CN=C(NC1CC1c1ccc(C(C)C)cc1)N1CCN(Cc2ccon2)CC1.I. The average molecular weight is 509 g/mol. The van der Waals surface area contributed by atoms with E-state index in [0.29, 0.717) is 17.9 Å². The molecule has 4 rings (SSSR count). The Bertz CT molecular complexity index is 782. The maximum Gasteiger partial charge on any atom is 0.193 e. The lowest BCUT2D eigenvalue weighted by Crippen LogP contribution is -2.52. The van der Waals surface area contributed by atoms with Crippen molar-refractivity contribution in [3.05, 3.63) is 53.4 Å². The van der Waals surface area contributed by atoms with Gasteiger partial charge >= 0.3 is 0 Å². The van der Waals surface area contributed by atoms with Gasteiger partial charge in [-0.05, 0) is 23.5 Å². The van der Waals surface area contributed by atoms with Crippen molar-refractivity contribution >= 4 is 29.9 Å². The van der Waals surface area contributed by atoms with E-state index in [1.165, 1.54) is 17.5 Å². The van der Waals surface area contributed by atoms with E-state index in [-0.39, 0.29) is 24.0 Å². The van der Waals surface area contributed by atoms with Crippen LogP contribution in [0.3, 0.4) is 0 Å². The molecule has 1 saturated heterocycles. The van der Waals surface area contributed by atoms with Gasteiger partial charge < -0.3 is 14.7 Å². The van der Waals surface area contributed by atoms with E-state index in [0.717, 1.165) is 44.4 Å². The zero-order valence-electron chi connectivity index (χ0n) is 17.5. The summed E-state index contributed by atoms with van der Waals surface area (Å²) in [6.45, 7) is 9.33. The predicted octanol–water partition coefficient (Wildman–Crippen LogP) is 3.67. The van der Waals surface area contributed by atoms with E-state index in [4.69, 9.17) is 4.52 Å². The van der Waals surface area contributed by atoms with Crippen molar-refractivity contribution in [2.75, 3.05) is 33.2 Å². The van der Waals surface area contributed by atoms with Gasteiger partial charge in [-0.2, -0.15) is 0 Å². The summed E-state index contributed by atoms with van der Waals surface area (Å²) in [4.78, 5) is 9.33. The number of benzene rings is 1. The fourth-order valence-corrected chi connectivity index (χ4v) is 3.98. The molecule has 2 atom stereocenters. The zero-order valence-corrected chi connectivity index (χ0v) is 19.9. The molecule has 2 unspecified atom stereocenters. The Labute approximate surface area is 190 Å².